The van der Waals surface area contributed by atoms with Gasteiger partial charge in [-0.2, -0.15) is 0 Å². The van der Waals surface area contributed by atoms with Crippen LogP contribution in [0, 0.1) is 0 Å². The van der Waals surface area contributed by atoms with Crippen LogP contribution in [-0.2, 0) is 4.79 Å². The molecule has 0 spiro atoms. The zero-order chi connectivity index (χ0) is 13.0. The number of carbonyl (C=O) groups excluding carboxylic acids is 1. The SMILES string of the molecule is C[C@@H](C(=O)Nc1cnccn1)c1ccc(Br)cc1. The number of benzene rings is 1. The zero-order valence-electron chi connectivity index (χ0n) is 9.80. The smallest absolute Gasteiger partial charge is 0.232 e. The van der Waals surface area contributed by atoms with E-state index in [0.717, 1.165) is 10.0 Å². The Morgan fingerprint density at radius 2 is 2.00 bits per heavy atom. The number of nitrogens with zero attached hydrogens (tertiary/aromatic N) is 2. The lowest BCUT2D eigenvalue weighted by Crippen LogP contribution is -2.19. The van der Waals surface area contributed by atoms with Gasteiger partial charge in [0.2, 0.25) is 5.91 Å². The van der Waals surface area contributed by atoms with E-state index in [1.165, 1.54) is 6.20 Å². The second-order valence-electron chi connectivity index (χ2n) is 3.85. The van der Waals surface area contributed by atoms with Gasteiger partial charge in [0.1, 0.15) is 0 Å². The number of carbonyl (C=O) groups is 1. The molecule has 2 aromatic rings. The Morgan fingerprint density at radius 1 is 1.28 bits per heavy atom. The third-order valence-corrected chi connectivity index (χ3v) is 3.11. The molecule has 1 heterocycles. The normalized spacial score (nSPS) is 11.9. The average Bonchev–Trinajstić information content (AvgIpc) is 2.40. The van der Waals surface area contributed by atoms with Gasteiger partial charge in [0.25, 0.3) is 0 Å². The van der Waals surface area contributed by atoms with Crippen molar-refractivity contribution in [3.8, 4) is 0 Å². The van der Waals surface area contributed by atoms with Crippen LogP contribution in [0.5, 0.6) is 0 Å². The predicted molar refractivity (Wildman–Crippen MR) is 73.2 cm³/mol. The van der Waals surface area contributed by atoms with E-state index >= 15 is 0 Å². The summed E-state index contributed by atoms with van der Waals surface area (Å²) in [4.78, 5) is 19.9. The Hall–Kier alpha value is -1.75. The first kappa shape index (κ1) is 12.7. The van der Waals surface area contributed by atoms with Crippen LogP contribution in [0.1, 0.15) is 18.4 Å². The van der Waals surface area contributed by atoms with Crippen LogP contribution in [0.4, 0.5) is 5.82 Å². The number of anilines is 1. The first-order valence-corrected chi connectivity index (χ1v) is 6.28. The van der Waals surface area contributed by atoms with E-state index in [9.17, 15) is 4.79 Å². The summed E-state index contributed by atoms with van der Waals surface area (Å²) in [7, 11) is 0. The molecule has 0 saturated carbocycles. The Kier molecular flexibility index (Phi) is 4.04. The molecule has 0 aliphatic rings. The quantitative estimate of drug-likeness (QED) is 0.948. The molecule has 1 atom stereocenters. The van der Waals surface area contributed by atoms with Gasteiger partial charge in [-0.15, -0.1) is 0 Å². The van der Waals surface area contributed by atoms with Gasteiger partial charge in [0.15, 0.2) is 5.82 Å². The van der Waals surface area contributed by atoms with E-state index in [4.69, 9.17) is 0 Å². The Balaban J connectivity index is 2.07. The van der Waals surface area contributed by atoms with Gasteiger partial charge >= 0.3 is 0 Å². The van der Waals surface area contributed by atoms with Crippen LogP contribution in [0.25, 0.3) is 0 Å². The van der Waals surface area contributed by atoms with Crippen molar-refractivity contribution in [2.75, 3.05) is 5.32 Å². The van der Waals surface area contributed by atoms with E-state index < -0.39 is 0 Å². The van der Waals surface area contributed by atoms with Gasteiger partial charge in [0.05, 0.1) is 12.1 Å². The molecule has 4 nitrogen and oxygen atoms in total. The summed E-state index contributed by atoms with van der Waals surface area (Å²) in [5.74, 6) is 0.129. The molecule has 2 rings (SSSR count). The standard InChI is InChI=1S/C13H12BrN3O/c1-9(10-2-4-11(14)5-3-10)13(18)17-12-8-15-6-7-16-12/h2-9H,1H3,(H,16,17,18)/t9-/m1/s1. The fraction of sp³-hybridized carbons (Fsp3) is 0.154. The fourth-order valence-corrected chi connectivity index (χ4v) is 1.77. The molecule has 1 aromatic carbocycles. The lowest BCUT2D eigenvalue weighted by molar-refractivity contribution is -0.117. The molecule has 18 heavy (non-hydrogen) atoms. The fourth-order valence-electron chi connectivity index (χ4n) is 1.50. The zero-order valence-corrected chi connectivity index (χ0v) is 11.4. The van der Waals surface area contributed by atoms with Crippen molar-refractivity contribution >= 4 is 27.7 Å². The number of hydrogen-bond donors (Lipinski definition) is 1. The summed E-state index contributed by atoms with van der Waals surface area (Å²) in [6, 6.07) is 7.68. The molecule has 0 unspecified atom stereocenters. The van der Waals surface area contributed by atoms with Gasteiger partial charge in [-0.3, -0.25) is 9.78 Å². The number of hydrogen-bond acceptors (Lipinski definition) is 3. The molecule has 0 fully saturated rings. The number of amides is 1. The Morgan fingerprint density at radius 3 is 2.61 bits per heavy atom. The van der Waals surface area contributed by atoms with Crippen molar-refractivity contribution in [2.24, 2.45) is 0 Å². The Bertz CT molecular complexity index is 528. The molecule has 92 valence electrons. The van der Waals surface area contributed by atoms with Gasteiger partial charge in [0, 0.05) is 16.9 Å². The van der Waals surface area contributed by atoms with Crippen LogP contribution in [0.2, 0.25) is 0 Å². The minimum atomic E-state index is -0.236. The largest absolute Gasteiger partial charge is 0.309 e. The van der Waals surface area contributed by atoms with Crippen molar-refractivity contribution in [3.05, 3.63) is 52.9 Å². The number of halogens is 1. The van der Waals surface area contributed by atoms with E-state index in [0.29, 0.717) is 5.82 Å². The third-order valence-electron chi connectivity index (χ3n) is 2.58. The van der Waals surface area contributed by atoms with Crippen molar-refractivity contribution in [1.82, 2.24) is 9.97 Å². The minimum absolute atomic E-state index is 0.0992. The molecular formula is C13H12BrN3O. The first-order valence-electron chi connectivity index (χ1n) is 5.49. The van der Waals surface area contributed by atoms with Crippen molar-refractivity contribution in [1.29, 1.82) is 0 Å². The summed E-state index contributed by atoms with van der Waals surface area (Å²) < 4.78 is 0.993. The van der Waals surface area contributed by atoms with Crippen molar-refractivity contribution < 1.29 is 4.79 Å². The molecule has 0 bridgehead atoms. The lowest BCUT2D eigenvalue weighted by Gasteiger charge is -2.11. The highest BCUT2D eigenvalue weighted by Gasteiger charge is 2.15. The summed E-state index contributed by atoms with van der Waals surface area (Å²) in [6.45, 7) is 1.86. The van der Waals surface area contributed by atoms with Crippen LogP contribution in [0.15, 0.2) is 47.3 Å². The van der Waals surface area contributed by atoms with Crippen molar-refractivity contribution in [3.63, 3.8) is 0 Å². The molecule has 0 aliphatic heterocycles. The van der Waals surface area contributed by atoms with Gasteiger partial charge in [-0.25, -0.2) is 4.98 Å². The molecule has 1 aromatic heterocycles. The van der Waals surface area contributed by atoms with Crippen LogP contribution >= 0.6 is 15.9 Å². The third kappa shape index (κ3) is 3.13. The Labute approximate surface area is 114 Å². The van der Waals surface area contributed by atoms with E-state index in [2.05, 4.69) is 31.2 Å². The van der Waals surface area contributed by atoms with Gasteiger partial charge in [-0.05, 0) is 24.6 Å². The van der Waals surface area contributed by atoms with Gasteiger partial charge in [-0.1, -0.05) is 28.1 Å². The van der Waals surface area contributed by atoms with E-state index in [1.807, 2.05) is 31.2 Å². The summed E-state index contributed by atoms with van der Waals surface area (Å²) in [5, 5.41) is 2.73. The summed E-state index contributed by atoms with van der Waals surface area (Å²) in [6.07, 6.45) is 4.62. The predicted octanol–water partition coefficient (Wildman–Crippen LogP) is 2.98. The minimum Gasteiger partial charge on any atom is -0.309 e. The number of aromatic nitrogens is 2. The van der Waals surface area contributed by atoms with Crippen LogP contribution in [0.3, 0.4) is 0 Å². The molecule has 1 amide bonds. The highest BCUT2D eigenvalue weighted by atomic mass is 79.9. The summed E-state index contributed by atoms with van der Waals surface area (Å²) in [5.41, 5.74) is 0.958. The summed E-state index contributed by atoms with van der Waals surface area (Å²) >= 11 is 3.37. The molecular weight excluding hydrogens is 294 g/mol. The first-order chi connectivity index (χ1) is 8.66. The molecule has 1 N–H and O–H groups in total. The average molecular weight is 306 g/mol. The van der Waals surface area contributed by atoms with Crippen LogP contribution < -0.4 is 5.32 Å². The topological polar surface area (TPSA) is 54.9 Å². The van der Waals surface area contributed by atoms with E-state index in [-0.39, 0.29) is 11.8 Å². The van der Waals surface area contributed by atoms with Crippen molar-refractivity contribution in [2.45, 2.75) is 12.8 Å². The molecule has 0 radical (unpaired) electrons. The van der Waals surface area contributed by atoms with E-state index in [1.54, 1.807) is 12.4 Å². The van der Waals surface area contributed by atoms with Gasteiger partial charge < -0.3 is 5.32 Å². The number of nitrogens with one attached hydrogen (secondary N) is 1. The maximum atomic E-state index is 12.0. The highest BCUT2D eigenvalue weighted by molar-refractivity contribution is 9.10. The monoisotopic (exact) mass is 305 g/mol. The molecule has 0 saturated heterocycles. The maximum absolute atomic E-state index is 12.0. The lowest BCUT2D eigenvalue weighted by atomic mass is 10.0. The number of rotatable bonds is 3. The highest BCUT2D eigenvalue weighted by Crippen LogP contribution is 2.19. The van der Waals surface area contributed by atoms with Crippen LogP contribution in [-0.4, -0.2) is 15.9 Å². The maximum Gasteiger partial charge on any atom is 0.232 e. The molecule has 5 heteroatoms. The second-order valence-corrected chi connectivity index (χ2v) is 4.77. The molecule has 0 aliphatic carbocycles. The second kappa shape index (κ2) is 5.73.